The van der Waals surface area contributed by atoms with E-state index in [1.165, 1.54) is 31.4 Å². The van der Waals surface area contributed by atoms with Crippen LogP contribution in [0.2, 0.25) is 0 Å². The maximum absolute atomic E-state index is 13.1. The molecule has 3 heterocycles. The van der Waals surface area contributed by atoms with E-state index in [9.17, 15) is 4.39 Å². The van der Waals surface area contributed by atoms with Gasteiger partial charge in [0.05, 0.1) is 5.69 Å². The van der Waals surface area contributed by atoms with Gasteiger partial charge in [0.15, 0.2) is 0 Å². The first-order valence-electron chi connectivity index (χ1n) is 8.08. The summed E-state index contributed by atoms with van der Waals surface area (Å²) >= 11 is 0. The largest absolute Gasteiger partial charge is 0.358 e. The lowest BCUT2D eigenvalue weighted by molar-refractivity contribution is 0.571. The fourth-order valence-electron chi connectivity index (χ4n) is 3.19. The standard InChI is InChI=1S/C18H19FN4/c1-13-11-17(22-9-3-2-4-10-22)23-12-16(21-18(23)20-13)14-5-7-15(19)8-6-14/h5-8,11-12H,2-4,9-10H2,1H3. The minimum atomic E-state index is -0.236. The second-order valence-corrected chi connectivity index (χ2v) is 6.11. The first-order valence-corrected chi connectivity index (χ1v) is 8.08. The molecule has 0 aliphatic carbocycles. The van der Waals surface area contributed by atoms with Crippen molar-refractivity contribution in [1.29, 1.82) is 0 Å². The number of aryl methyl sites for hydroxylation is 1. The van der Waals surface area contributed by atoms with Crippen LogP contribution in [-0.2, 0) is 0 Å². The van der Waals surface area contributed by atoms with Crippen molar-refractivity contribution in [2.45, 2.75) is 26.2 Å². The van der Waals surface area contributed by atoms with E-state index in [4.69, 9.17) is 0 Å². The van der Waals surface area contributed by atoms with Gasteiger partial charge in [0.1, 0.15) is 11.6 Å². The van der Waals surface area contributed by atoms with Gasteiger partial charge in [-0.25, -0.2) is 14.4 Å². The van der Waals surface area contributed by atoms with E-state index in [1.54, 1.807) is 12.1 Å². The van der Waals surface area contributed by atoms with Crippen molar-refractivity contribution in [1.82, 2.24) is 14.4 Å². The topological polar surface area (TPSA) is 33.4 Å². The molecule has 1 aromatic carbocycles. The predicted molar refractivity (Wildman–Crippen MR) is 89.2 cm³/mol. The molecule has 0 radical (unpaired) electrons. The highest BCUT2D eigenvalue weighted by atomic mass is 19.1. The zero-order valence-electron chi connectivity index (χ0n) is 13.2. The van der Waals surface area contributed by atoms with Gasteiger partial charge in [0, 0.05) is 36.6 Å². The predicted octanol–water partition coefficient (Wildman–Crippen LogP) is 3.83. The molecule has 1 saturated heterocycles. The zero-order valence-corrected chi connectivity index (χ0v) is 13.2. The number of hydrogen-bond acceptors (Lipinski definition) is 3. The van der Waals surface area contributed by atoms with E-state index in [2.05, 4.69) is 25.3 Å². The van der Waals surface area contributed by atoms with Crippen molar-refractivity contribution < 1.29 is 4.39 Å². The lowest BCUT2D eigenvalue weighted by Gasteiger charge is -2.29. The molecule has 0 N–H and O–H groups in total. The molecule has 5 heteroatoms. The molecule has 0 atom stereocenters. The van der Waals surface area contributed by atoms with Crippen LogP contribution in [0.5, 0.6) is 0 Å². The molecule has 1 aliphatic heterocycles. The van der Waals surface area contributed by atoms with Crippen LogP contribution in [0.3, 0.4) is 0 Å². The van der Waals surface area contributed by atoms with E-state index in [0.29, 0.717) is 5.78 Å². The SMILES string of the molecule is Cc1cc(N2CCCCC2)n2cc(-c3ccc(F)cc3)nc2n1. The van der Waals surface area contributed by atoms with Gasteiger partial charge >= 0.3 is 0 Å². The molecule has 3 aromatic rings. The van der Waals surface area contributed by atoms with E-state index in [-0.39, 0.29) is 5.82 Å². The summed E-state index contributed by atoms with van der Waals surface area (Å²) in [6.45, 7) is 4.14. The Morgan fingerprint density at radius 3 is 2.48 bits per heavy atom. The van der Waals surface area contributed by atoms with Crippen LogP contribution in [0.25, 0.3) is 17.0 Å². The molecule has 0 spiro atoms. The van der Waals surface area contributed by atoms with Crippen molar-refractivity contribution in [2.75, 3.05) is 18.0 Å². The summed E-state index contributed by atoms with van der Waals surface area (Å²) in [5, 5.41) is 0. The van der Waals surface area contributed by atoms with Crippen molar-refractivity contribution in [2.24, 2.45) is 0 Å². The summed E-state index contributed by atoms with van der Waals surface area (Å²) in [5.74, 6) is 1.61. The van der Waals surface area contributed by atoms with Gasteiger partial charge in [-0.1, -0.05) is 0 Å². The Kier molecular flexibility index (Phi) is 3.48. The van der Waals surface area contributed by atoms with Gasteiger partial charge in [0.25, 0.3) is 0 Å². The van der Waals surface area contributed by atoms with E-state index in [0.717, 1.165) is 35.9 Å². The Balaban J connectivity index is 1.82. The number of rotatable bonds is 2. The highest BCUT2D eigenvalue weighted by Crippen LogP contribution is 2.25. The number of nitrogens with zero attached hydrogens (tertiary/aromatic N) is 4. The van der Waals surface area contributed by atoms with Crippen LogP contribution < -0.4 is 4.90 Å². The lowest BCUT2D eigenvalue weighted by Crippen LogP contribution is -2.31. The van der Waals surface area contributed by atoms with Gasteiger partial charge in [0.2, 0.25) is 5.78 Å². The van der Waals surface area contributed by atoms with E-state index >= 15 is 0 Å². The number of piperidine rings is 1. The summed E-state index contributed by atoms with van der Waals surface area (Å²) in [6, 6.07) is 8.55. The maximum Gasteiger partial charge on any atom is 0.236 e. The zero-order chi connectivity index (χ0) is 15.8. The number of anilines is 1. The van der Waals surface area contributed by atoms with Gasteiger partial charge in [-0.2, -0.15) is 0 Å². The fourth-order valence-corrected chi connectivity index (χ4v) is 3.19. The first kappa shape index (κ1) is 14.2. The fraction of sp³-hybridized carbons (Fsp3) is 0.333. The molecule has 0 amide bonds. The first-order chi connectivity index (χ1) is 11.2. The molecular weight excluding hydrogens is 291 g/mol. The van der Waals surface area contributed by atoms with Crippen LogP contribution >= 0.6 is 0 Å². The van der Waals surface area contributed by atoms with Crippen LogP contribution in [0.4, 0.5) is 10.2 Å². The minimum Gasteiger partial charge on any atom is -0.358 e. The van der Waals surface area contributed by atoms with Crippen LogP contribution in [0.15, 0.2) is 36.5 Å². The Labute approximate surface area is 134 Å². The average Bonchev–Trinajstić information content (AvgIpc) is 2.99. The Hall–Kier alpha value is -2.43. The van der Waals surface area contributed by atoms with E-state index < -0.39 is 0 Å². The Morgan fingerprint density at radius 2 is 1.74 bits per heavy atom. The molecule has 1 fully saturated rings. The Bertz CT molecular complexity index is 832. The molecule has 0 saturated carbocycles. The third-order valence-corrected chi connectivity index (χ3v) is 4.37. The molecule has 23 heavy (non-hydrogen) atoms. The lowest BCUT2D eigenvalue weighted by atomic mass is 10.1. The summed E-state index contributed by atoms with van der Waals surface area (Å²) < 4.78 is 15.2. The van der Waals surface area contributed by atoms with Crippen LogP contribution in [0.1, 0.15) is 25.0 Å². The second kappa shape index (κ2) is 5.65. The summed E-state index contributed by atoms with van der Waals surface area (Å²) in [7, 11) is 0. The smallest absolute Gasteiger partial charge is 0.236 e. The van der Waals surface area contributed by atoms with Gasteiger partial charge < -0.3 is 4.90 Å². The Morgan fingerprint density at radius 1 is 1.00 bits per heavy atom. The van der Waals surface area contributed by atoms with Crippen molar-refractivity contribution in [3.05, 3.63) is 48.0 Å². The quantitative estimate of drug-likeness (QED) is 0.721. The molecule has 2 aromatic heterocycles. The maximum atomic E-state index is 13.1. The summed E-state index contributed by atoms with van der Waals surface area (Å²) in [5.41, 5.74) is 2.69. The monoisotopic (exact) mass is 310 g/mol. The van der Waals surface area contributed by atoms with Crippen LogP contribution in [0, 0.1) is 12.7 Å². The third kappa shape index (κ3) is 2.67. The number of hydrogen-bond donors (Lipinski definition) is 0. The summed E-state index contributed by atoms with van der Waals surface area (Å²) in [6.07, 6.45) is 5.75. The summed E-state index contributed by atoms with van der Waals surface area (Å²) in [4.78, 5) is 11.6. The number of halogens is 1. The third-order valence-electron chi connectivity index (χ3n) is 4.37. The van der Waals surface area contributed by atoms with Crippen molar-refractivity contribution in [3.8, 4) is 11.3 Å². The minimum absolute atomic E-state index is 0.236. The van der Waals surface area contributed by atoms with Gasteiger partial charge in [-0.05, 0) is 50.5 Å². The molecule has 1 aliphatic rings. The molecule has 118 valence electrons. The number of benzene rings is 1. The molecule has 4 nitrogen and oxygen atoms in total. The van der Waals surface area contributed by atoms with Gasteiger partial charge in [-0.3, -0.25) is 4.40 Å². The molecular formula is C18H19FN4. The van der Waals surface area contributed by atoms with Crippen molar-refractivity contribution >= 4 is 11.6 Å². The number of aromatic nitrogens is 3. The normalized spacial score (nSPS) is 15.3. The van der Waals surface area contributed by atoms with Gasteiger partial charge in [-0.15, -0.1) is 0 Å². The number of imidazole rings is 1. The number of fused-ring (bicyclic) bond motifs is 1. The average molecular weight is 310 g/mol. The highest BCUT2D eigenvalue weighted by Gasteiger charge is 2.16. The molecule has 0 unspecified atom stereocenters. The van der Waals surface area contributed by atoms with Crippen molar-refractivity contribution in [3.63, 3.8) is 0 Å². The highest BCUT2D eigenvalue weighted by molar-refractivity contribution is 5.63. The molecule has 4 rings (SSSR count). The second-order valence-electron chi connectivity index (χ2n) is 6.11. The van der Waals surface area contributed by atoms with E-state index in [1.807, 2.05) is 13.1 Å². The molecule has 0 bridgehead atoms. The van der Waals surface area contributed by atoms with Crippen LogP contribution in [-0.4, -0.2) is 27.5 Å².